The van der Waals surface area contributed by atoms with E-state index in [9.17, 15) is 4.79 Å². The Bertz CT molecular complexity index is 453. The summed E-state index contributed by atoms with van der Waals surface area (Å²) in [5.41, 5.74) is 6.94. The fourth-order valence-electron chi connectivity index (χ4n) is 1.80. The third kappa shape index (κ3) is 2.61. The minimum absolute atomic E-state index is 0.139. The molecular weight excluding hydrogens is 236 g/mol. The molecule has 0 radical (unpaired) electrons. The third-order valence-electron chi connectivity index (χ3n) is 3.34. The summed E-state index contributed by atoms with van der Waals surface area (Å²) in [7, 11) is 0. The highest BCUT2D eigenvalue weighted by molar-refractivity contribution is 6.31. The van der Waals surface area contributed by atoms with Gasteiger partial charge in [0.25, 0.3) is 0 Å². The second-order valence-electron chi connectivity index (χ2n) is 4.98. The van der Waals surface area contributed by atoms with Crippen LogP contribution in [0.5, 0.6) is 0 Å². The van der Waals surface area contributed by atoms with Gasteiger partial charge in [-0.05, 0) is 50.3 Å². The van der Waals surface area contributed by atoms with Gasteiger partial charge < -0.3 is 11.1 Å². The first-order valence-corrected chi connectivity index (χ1v) is 6.15. The fraction of sp³-hybridized carbons (Fsp3) is 0.462. The predicted molar refractivity (Wildman–Crippen MR) is 70.1 cm³/mol. The van der Waals surface area contributed by atoms with Gasteiger partial charge in [-0.3, -0.25) is 4.79 Å². The standard InChI is InChI=1S/C13H17ClN2O/c1-8-3-6-10(7-11(8)14)16-12(17)13(2,15)9-4-5-9/h3,6-7,9H,4-5,15H2,1-2H3,(H,16,17). The van der Waals surface area contributed by atoms with Crippen molar-refractivity contribution in [2.45, 2.75) is 32.2 Å². The molecule has 1 aromatic carbocycles. The van der Waals surface area contributed by atoms with E-state index < -0.39 is 5.54 Å². The van der Waals surface area contributed by atoms with Crippen molar-refractivity contribution >= 4 is 23.2 Å². The molecule has 1 aliphatic carbocycles. The number of hydrogen-bond donors (Lipinski definition) is 2. The lowest BCUT2D eigenvalue weighted by Gasteiger charge is -2.23. The van der Waals surface area contributed by atoms with E-state index in [0.717, 1.165) is 18.4 Å². The van der Waals surface area contributed by atoms with Crippen LogP contribution in [0.4, 0.5) is 5.69 Å². The smallest absolute Gasteiger partial charge is 0.244 e. The minimum atomic E-state index is -0.780. The van der Waals surface area contributed by atoms with Crippen LogP contribution in [0.3, 0.4) is 0 Å². The molecule has 0 saturated heterocycles. The van der Waals surface area contributed by atoms with Gasteiger partial charge in [-0.25, -0.2) is 0 Å². The van der Waals surface area contributed by atoms with E-state index in [4.69, 9.17) is 17.3 Å². The molecule has 4 heteroatoms. The van der Waals surface area contributed by atoms with E-state index in [1.54, 1.807) is 13.0 Å². The lowest BCUT2D eigenvalue weighted by Crippen LogP contribution is -2.50. The maximum Gasteiger partial charge on any atom is 0.244 e. The van der Waals surface area contributed by atoms with Crippen molar-refractivity contribution in [3.8, 4) is 0 Å². The molecule has 0 aromatic heterocycles. The average Bonchev–Trinajstić information content (AvgIpc) is 3.07. The quantitative estimate of drug-likeness (QED) is 0.869. The number of amides is 1. The number of nitrogens with two attached hydrogens (primary N) is 1. The van der Waals surface area contributed by atoms with E-state index in [2.05, 4.69) is 5.32 Å². The molecule has 1 unspecified atom stereocenters. The van der Waals surface area contributed by atoms with Crippen molar-refractivity contribution in [1.82, 2.24) is 0 Å². The van der Waals surface area contributed by atoms with Crippen LogP contribution in [0.15, 0.2) is 18.2 Å². The molecule has 1 aromatic rings. The maximum atomic E-state index is 12.0. The lowest BCUT2D eigenvalue weighted by molar-refractivity contribution is -0.121. The Morgan fingerprint density at radius 3 is 2.71 bits per heavy atom. The lowest BCUT2D eigenvalue weighted by atomic mass is 9.96. The Labute approximate surface area is 106 Å². The Morgan fingerprint density at radius 1 is 1.53 bits per heavy atom. The summed E-state index contributed by atoms with van der Waals surface area (Å²) in [6.07, 6.45) is 2.07. The van der Waals surface area contributed by atoms with Crippen LogP contribution in [0.25, 0.3) is 0 Å². The normalized spacial score (nSPS) is 18.6. The van der Waals surface area contributed by atoms with Crippen molar-refractivity contribution in [3.63, 3.8) is 0 Å². The Hall–Kier alpha value is -1.06. The van der Waals surface area contributed by atoms with Gasteiger partial charge in [-0.15, -0.1) is 0 Å². The predicted octanol–water partition coefficient (Wildman–Crippen LogP) is 2.71. The molecule has 3 N–H and O–H groups in total. The molecular formula is C13H17ClN2O. The van der Waals surface area contributed by atoms with Gasteiger partial charge in [0, 0.05) is 10.7 Å². The van der Waals surface area contributed by atoms with E-state index in [1.807, 2.05) is 19.1 Å². The van der Waals surface area contributed by atoms with Gasteiger partial charge in [0.15, 0.2) is 0 Å². The SMILES string of the molecule is Cc1ccc(NC(=O)C(C)(N)C2CC2)cc1Cl. The van der Waals surface area contributed by atoms with Crippen molar-refractivity contribution in [1.29, 1.82) is 0 Å². The van der Waals surface area contributed by atoms with Gasteiger partial charge in [-0.2, -0.15) is 0 Å². The molecule has 2 rings (SSSR count). The minimum Gasteiger partial charge on any atom is -0.324 e. The number of carbonyl (C=O) groups is 1. The average molecular weight is 253 g/mol. The first-order valence-electron chi connectivity index (χ1n) is 5.77. The zero-order valence-corrected chi connectivity index (χ0v) is 10.8. The van der Waals surface area contributed by atoms with Crippen LogP contribution >= 0.6 is 11.6 Å². The largest absolute Gasteiger partial charge is 0.324 e. The number of anilines is 1. The molecule has 17 heavy (non-hydrogen) atoms. The number of rotatable bonds is 3. The van der Waals surface area contributed by atoms with Gasteiger partial charge in [0.1, 0.15) is 0 Å². The first kappa shape index (κ1) is 12.4. The highest BCUT2D eigenvalue weighted by Gasteiger charge is 2.44. The van der Waals surface area contributed by atoms with Gasteiger partial charge in [-0.1, -0.05) is 17.7 Å². The fourth-order valence-corrected chi connectivity index (χ4v) is 1.99. The summed E-state index contributed by atoms with van der Waals surface area (Å²) < 4.78 is 0. The summed E-state index contributed by atoms with van der Waals surface area (Å²) in [5.74, 6) is 0.170. The van der Waals surface area contributed by atoms with Crippen LogP contribution in [-0.4, -0.2) is 11.4 Å². The second kappa shape index (κ2) is 4.31. The van der Waals surface area contributed by atoms with Gasteiger partial charge >= 0.3 is 0 Å². The Balaban J connectivity index is 2.10. The molecule has 0 aliphatic heterocycles. The molecule has 1 saturated carbocycles. The van der Waals surface area contributed by atoms with E-state index in [-0.39, 0.29) is 5.91 Å². The van der Waals surface area contributed by atoms with Gasteiger partial charge in [0.2, 0.25) is 5.91 Å². The number of hydrogen-bond acceptors (Lipinski definition) is 2. The summed E-state index contributed by atoms with van der Waals surface area (Å²) in [5, 5.41) is 3.47. The van der Waals surface area contributed by atoms with Crippen molar-refractivity contribution in [2.24, 2.45) is 11.7 Å². The van der Waals surface area contributed by atoms with Crippen LogP contribution in [0, 0.1) is 12.8 Å². The molecule has 1 atom stereocenters. The van der Waals surface area contributed by atoms with Crippen molar-refractivity contribution < 1.29 is 4.79 Å². The molecule has 92 valence electrons. The van der Waals surface area contributed by atoms with E-state index in [1.165, 1.54) is 0 Å². The van der Waals surface area contributed by atoms with Crippen molar-refractivity contribution in [3.05, 3.63) is 28.8 Å². The Kier molecular flexibility index (Phi) is 3.15. The highest BCUT2D eigenvalue weighted by atomic mass is 35.5. The molecule has 1 aliphatic rings. The topological polar surface area (TPSA) is 55.1 Å². The molecule has 1 fully saturated rings. The third-order valence-corrected chi connectivity index (χ3v) is 3.75. The number of nitrogens with one attached hydrogen (secondary N) is 1. The molecule has 0 heterocycles. The number of halogens is 1. The number of aryl methyl sites for hydroxylation is 1. The summed E-state index contributed by atoms with van der Waals surface area (Å²) >= 11 is 6.00. The summed E-state index contributed by atoms with van der Waals surface area (Å²) in [4.78, 5) is 12.0. The van der Waals surface area contributed by atoms with E-state index >= 15 is 0 Å². The van der Waals surface area contributed by atoms with E-state index in [0.29, 0.717) is 16.6 Å². The van der Waals surface area contributed by atoms with Crippen LogP contribution in [-0.2, 0) is 4.79 Å². The zero-order valence-electron chi connectivity index (χ0n) is 10.1. The molecule has 1 amide bonds. The molecule has 0 bridgehead atoms. The first-order chi connectivity index (χ1) is 7.91. The highest BCUT2D eigenvalue weighted by Crippen LogP contribution is 2.38. The summed E-state index contributed by atoms with van der Waals surface area (Å²) in [6.45, 7) is 3.71. The zero-order chi connectivity index (χ0) is 12.6. The molecule has 3 nitrogen and oxygen atoms in total. The summed E-state index contributed by atoms with van der Waals surface area (Å²) in [6, 6.07) is 5.46. The van der Waals surface area contributed by atoms with Crippen LogP contribution < -0.4 is 11.1 Å². The maximum absolute atomic E-state index is 12.0. The Morgan fingerprint density at radius 2 is 2.18 bits per heavy atom. The van der Waals surface area contributed by atoms with Crippen LogP contribution in [0.2, 0.25) is 5.02 Å². The second-order valence-corrected chi connectivity index (χ2v) is 5.38. The van der Waals surface area contributed by atoms with Crippen LogP contribution in [0.1, 0.15) is 25.3 Å². The van der Waals surface area contributed by atoms with Crippen molar-refractivity contribution in [2.75, 3.05) is 5.32 Å². The molecule has 0 spiro atoms. The number of carbonyl (C=O) groups excluding carboxylic acids is 1. The van der Waals surface area contributed by atoms with Gasteiger partial charge in [0.05, 0.1) is 5.54 Å². The monoisotopic (exact) mass is 252 g/mol. The number of benzene rings is 1.